The Morgan fingerprint density at radius 2 is 1.75 bits per heavy atom. The zero-order chi connectivity index (χ0) is 31.0. The molecule has 44 heavy (non-hydrogen) atoms. The Balaban J connectivity index is 1.29. The number of aromatic nitrogens is 3. The number of benzene rings is 2. The number of aromatic amines is 1. The van der Waals surface area contributed by atoms with Gasteiger partial charge in [0.25, 0.3) is 11.5 Å². The normalized spacial score (nSPS) is 17.3. The average Bonchev–Trinajstić information content (AvgIpc) is 3.63. The first-order valence-corrected chi connectivity index (χ1v) is 15.1. The first-order chi connectivity index (χ1) is 21.2. The molecule has 0 saturated carbocycles. The number of amides is 2. The second-order valence-electron chi connectivity index (χ2n) is 10.6. The molecule has 2 aliphatic rings. The molecule has 3 heterocycles. The summed E-state index contributed by atoms with van der Waals surface area (Å²) in [5, 5.41) is 15.7. The molecule has 0 spiro atoms. The molecule has 2 aromatic heterocycles. The Hall–Kier alpha value is -3.96. The third kappa shape index (κ3) is 5.90. The number of rotatable bonds is 8. The average molecular weight is 654 g/mol. The zero-order valence-corrected chi connectivity index (χ0v) is 25.7. The lowest BCUT2D eigenvalue weighted by Crippen LogP contribution is -2.36. The molecule has 1 aliphatic carbocycles. The van der Waals surface area contributed by atoms with Gasteiger partial charge in [0.05, 0.1) is 28.5 Å². The Kier molecular flexibility index (Phi) is 8.59. The highest BCUT2D eigenvalue weighted by molar-refractivity contribution is 6.39. The van der Waals surface area contributed by atoms with E-state index in [1.165, 1.54) is 6.07 Å². The lowest BCUT2D eigenvalue weighted by Gasteiger charge is -2.20. The van der Waals surface area contributed by atoms with E-state index in [2.05, 4.69) is 26.1 Å². The molecule has 2 amide bonds. The molecule has 0 radical (unpaired) electrons. The Labute approximate surface area is 267 Å². The highest BCUT2D eigenvalue weighted by Gasteiger charge is 2.30. The van der Waals surface area contributed by atoms with E-state index in [1.807, 2.05) is 24.3 Å². The number of aryl methyl sites for hydroxylation is 1. The number of nitrogens with zero attached hydrogens (tertiary/aromatic N) is 2. The number of carbonyl (C=O) groups is 2. The number of H-pyrrole nitrogens is 1. The third-order valence-electron chi connectivity index (χ3n) is 7.88. The summed E-state index contributed by atoms with van der Waals surface area (Å²) in [6.45, 7) is 0.682. The maximum absolute atomic E-state index is 12.8. The van der Waals surface area contributed by atoms with E-state index in [4.69, 9.17) is 44.5 Å². The van der Waals surface area contributed by atoms with Gasteiger partial charge in [-0.25, -0.2) is 10.1 Å². The molecule has 2 aromatic carbocycles. The minimum absolute atomic E-state index is 0.0270. The van der Waals surface area contributed by atoms with Gasteiger partial charge in [0, 0.05) is 47.3 Å². The van der Waals surface area contributed by atoms with E-state index in [-0.39, 0.29) is 39.4 Å². The molecular formula is C31H27Cl3N6O4. The van der Waals surface area contributed by atoms with Crippen LogP contribution in [0.25, 0.3) is 22.4 Å². The van der Waals surface area contributed by atoms with Crippen LogP contribution in [-0.4, -0.2) is 46.7 Å². The van der Waals surface area contributed by atoms with Crippen molar-refractivity contribution in [2.75, 3.05) is 19.0 Å². The number of nitrogens with one attached hydrogen (secondary N) is 4. The molecule has 1 aliphatic heterocycles. The van der Waals surface area contributed by atoms with Crippen molar-refractivity contribution in [1.82, 2.24) is 25.8 Å². The number of methoxy groups -OCH3 is 1. The number of fused-ring (bicyclic) bond motifs is 1. The van der Waals surface area contributed by atoms with Gasteiger partial charge in [-0.2, -0.15) is 5.10 Å². The number of ether oxygens (including phenoxy) is 1. The number of hydrogen-bond acceptors (Lipinski definition) is 7. The quantitative estimate of drug-likeness (QED) is 0.195. The molecule has 0 unspecified atom stereocenters. The van der Waals surface area contributed by atoms with Crippen LogP contribution in [0.3, 0.4) is 0 Å². The van der Waals surface area contributed by atoms with Crippen molar-refractivity contribution >= 4 is 52.3 Å². The van der Waals surface area contributed by atoms with E-state index < -0.39 is 11.5 Å². The third-order valence-corrected chi connectivity index (χ3v) is 8.89. The predicted octanol–water partition coefficient (Wildman–Crippen LogP) is 5.58. The van der Waals surface area contributed by atoms with Gasteiger partial charge in [-0.15, -0.1) is 0 Å². The minimum Gasteiger partial charge on any atom is -0.481 e. The molecule has 0 bridgehead atoms. The molecule has 4 aromatic rings. The Morgan fingerprint density at radius 3 is 2.50 bits per heavy atom. The molecule has 6 rings (SSSR count). The van der Waals surface area contributed by atoms with Gasteiger partial charge in [0.1, 0.15) is 10.7 Å². The van der Waals surface area contributed by atoms with Crippen molar-refractivity contribution in [2.24, 2.45) is 0 Å². The summed E-state index contributed by atoms with van der Waals surface area (Å²) in [4.78, 5) is 41.4. The summed E-state index contributed by atoms with van der Waals surface area (Å²) >= 11 is 19.6. The van der Waals surface area contributed by atoms with Gasteiger partial charge in [-0.1, -0.05) is 65.1 Å². The van der Waals surface area contributed by atoms with Gasteiger partial charge in [0.2, 0.25) is 11.8 Å². The lowest BCUT2D eigenvalue weighted by molar-refractivity contribution is -0.119. The molecule has 13 heteroatoms. The van der Waals surface area contributed by atoms with Crippen LogP contribution >= 0.6 is 34.8 Å². The highest BCUT2D eigenvalue weighted by atomic mass is 35.5. The van der Waals surface area contributed by atoms with Crippen molar-refractivity contribution in [3.8, 4) is 28.3 Å². The fourth-order valence-electron chi connectivity index (χ4n) is 5.73. The summed E-state index contributed by atoms with van der Waals surface area (Å²) < 4.78 is 5.76. The van der Waals surface area contributed by atoms with E-state index in [1.54, 1.807) is 25.3 Å². The molecule has 2 atom stereocenters. The predicted molar refractivity (Wildman–Crippen MR) is 170 cm³/mol. The van der Waals surface area contributed by atoms with E-state index in [0.29, 0.717) is 46.3 Å². The summed E-state index contributed by atoms with van der Waals surface area (Å²) in [6, 6.07) is 14.1. The van der Waals surface area contributed by atoms with Crippen molar-refractivity contribution < 1.29 is 14.3 Å². The number of carbonyl (C=O) groups excluding carboxylic acids is 2. The monoisotopic (exact) mass is 652 g/mol. The lowest BCUT2D eigenvalue weighted by atomic mass is 9.99. The Bertz CT molecular complexity index is 1850. The van der Waals surface area contributed by atoms with Gasteiger partial charge < -0.3 is 20.7 Å². The zero-order valence-electron chi connectivity index (χ0n) is 23.5. The standard InChI is InChI=1S/C31H27Cl3N6O4/c1-44-31-26-15(8-10-21(26)35-14-16-9-11-25(41)36-16)12-23(38-31)19-6-2-4-17(27(19)33)18-5-3-7-22(28(18)34)37-29(42)20-13-24(32)39-40-30(20)43/h2-7,12-13,16,21,35H,8-11,14H2,1H3,(H,36,41)(H,37,42)(H,40,43)/t16-,21-/m0/s1. The summed E-state index contributed by atoms with van der Waals surface area (Å²) in [5.41, 5.74) is 4.11. The largest absolute Gasteiger partial charge is 0.481 e. The summed E-state index contributed by atoms with van der Waals surface area (Å²) in [6.07, 6.45) is 3.12. The molecule has 1 saturated heterocycles. The van der Waals surface area contributed by atoms with Crippen LogP contribution in [0.2, 0.25) is 15.2 Å². The van der Waals surface area contributed by atoms with Crippen molar-refractivity contribution in [3.63, 3.8) is 0 Å². The van der Waals surface area contributed by atoms with Gasteiger partial charge >= 0.3 is 0 Å². The van der Waals surface area contributed by atoms with Crippen molar-refractivity contribution in [1.29, 1.82) is 0 Å². The van der Waals surface area contributed by atoms with E-state index >= 15 is 0 Å². The van der Waals surface area contributed by atoms with Crippen molar-refractivity contribution in [2.45, 2.75) is 37.8 Å². The fraction of sp³-hybridized carbons (Fsp3) is 0.258. The maximum atomic E-state index is 12.8. The smallest absolute Gasteiger partial charge is 0.277 e. The highest BCUT2D eigenvalue weighted by Crippen LogP contribution is 2.44. The van der Waals surface area contributed by atoms with E-state index in [0.717, 1.165) is 30.4 Å². The molecule has 4 N–H and O–H groups in total. The topological polar surface area (TPSA) is 138 Å². The van der Waals surface area contributed by atoms with Gasteiger partial charge in [-0.05, 0) is 43.0 Å². The molecule has 226 valence electrons. The van der Waals surface area contributed by atoms with Crippen LogP contribution in [0, 0.1) is 0 Å². The van der Waals surface area contributed by atoms with Gasteiger partial charge in [0.15, 0.2) is 0 Å². The Morgan fingerprint density at radius 1 is 1.00 bits per heavy atom. The molecular weight excluding hydrogens is 627 g/mol. The van der Waals surface area contributed by atoms with Crippen LogP contribution < -0.4 is 26.2 Å². The first kappa shape index (κ1) is 30.1. The van der Waals surface area contributed by atoms with Crippen LogP contribution in [0.4, 0.5) is 5.69 Å². The number of hydrogen-bond donors (Lipinski definition) is 4. The second-order valence-corrected chi connectivity index (χ2v) is 11.8. The summed E-state index contributed by atoms with van der Waals surface area (Å²) in [7, 11) is 1.60. The molecule has 10 nitrogen and oxygen atoms in total. The molecule has 1 fully saturated rings. The summed E-state index contributed by atoms with van der Waals surface area (Å²) in [5.74, 6) is -0.0700. The van der Waals surface area contributed by atoms with Crippen LogP contribution in [-0.2, 0) is 11.2 Å². The van der Waals surface area contributed by atoms with E-state index in [9.17, 15) is 14.4 Å². The number of halogens is 3. The van der Waals surface area contributed by atoms with Crippen molar-refractivity contribution in [3.05, 3.63) is 90.8 Å². The van der Waals surface area contributed by atoms with Crippen LogP contribution in [0.15, 0.2) is 53.3 Å². The van der Waals surface area contributed by atoms with Crippen LogP contribution in [0.1, 0.15) is 46.8 Å². The maximum Gasteiger partial charge on any atom is 0.277 e. The second kappa shape index (κ2) is 12.6. The minimum atomic E-state index is -0.690. The first-order valence-electron chi connectivity index (χ1n) is 14.0. The number of anilines is 1. The van der Waals surface area contributed by atoms with Crippen LogP contribution in [0.5, 0.6) is 5.88 Å². The fourth-order valence-corrected chi connectivity index (χ4v) is 6.48. The van der Waals surface area contributed by atoms with Gasteiger partial charge in [-0.3, -0.25) is 14.4 Å². The SMILES string of the molecule is COc1nc(-c2cccc(-c3cccc(NC(=O)c4cc(Cl)n[nH]c4=O)c3Cl)c2Cl)cc2c1[C@@H](NC[C@@H]1CCC(=O)N1)CC2. The number of pyridine rings is 1.